The molecule has 0 saturated heterocycles. The molecular formula is C22H21NO3. The Morgan fingerprint density at radius 3 is 1.96 bits per heavy atom. The fourth-order valence-corrected chi connectivity index (χ4v) is 3.03. The van der Waals surface area contributed by atoms with Gasteiger partial charge >= 0.3 is 0 Å². The molecule has 4 heteroatoms. The van der Waals surface area contributed by atoms with E-state index in [1.165, 1.54) is 0 Å². The number of hydrogen-bond acceptors (Lipinski definition) is 3. The number of benzene rings is 3. The van der Waals surface area contributed by atoms with Crippen LogP contribution in [-0.4, -0.2) is 18.2 Å². The predicted molar refractivity (Wildman–Crippen MR) is 101 cm³/mol. The lowest BCUT2D eigenvalue weighted by Gasteiger charge is -2.16. The molecule has 0 aromatic heterocycles. The van der Waals surface area contributed by atoms with E-state index in [0.717, 1.165) is 27.8 Å². The highest BCUT2D eigenvalue weighted by molar-refractivity contribution is 5.86. The molecule has 0 radical (unpaired) electrons. The molecule has 4 nitrogen and oxygen atoms in total. The van der Waals surface area contributed by atoms with Gasteiger partial charge in [0.15, 0.2) is 0 Å². The van der Waals surface area contributed by atoms with Gasteiger partial charge in [-0.25, -0.2) is 5.48 Å². The van der Waals surface area contributed by atoms with Crippen LogP contribution in [0, 0.1) is 0 Å². The summed E-state index contributed by atoms with van der Waals surface area (Å²) in [4.78, 5) is 12.2. The summed E-state index contributed by atoms with van der Waals surface area (Å²) < 4.78 is 5.13. The number of carbonyl (C=O) groups is 1. The van der Waals surface area contributed by atoms with Gasteiger partial charge in [-0.2, -0.15) is 0 Å². The van der Waals surface area contributed by atoms with Gasteiger partial charge in [-0.3, -0.25) is 10.0 Å². The number of carbonyl (C=O) groups excluding carboxylic acids is 1. The molecule has 3 aromatic rings. The van der Waals surface area contributed by atoms with Crippen molar-refractivity contribution in [2.24, 2.45) is 0 Å². The van der Waals surface area contributed by atoms with Gasteiger partial charge in [0, 0.05) is 7.11 Å². The molecule has 3 rings (SSSR count). The highest BCUT2D eigenvalue weighted by Crippen LogP contribution is 2.28. The molecule has 1 unspecified atom stereocenters. The van der Waals surface area contributed by atoms with Gasteiger partial charge in [0.05, 0.1) is 12.5 Å². The van der Waals surface area contributed by atoms with Crippen LogP contribution in [0.25, 0.3) is 11.1 Å². The molecule has 0 heterocycles. The molecule has 0 saturated carbocycles. The third-order valence-electron chi connectivity index (χ3n) is 4.35. The largest absolute Gasteiger partial charge is 0.380 e. The lowest BCUT2D eigenvalue weighted by Crippen LogP contribution is -2.27. The van der Waals surface area contributed by atoms with Gasteiger partial charge in [-0.05, 0) is 27.8 Å². The third kappa shape index (κ3) is 3.99. The molecule has 0 aliphatic heterocycles. The first-order valence-corrected chi connectivity index (χ1v) is 8.40. The van der Waals surface area contributed by atoms with Crippen LogP contribution < -0.4 is 5.48 Å². The van der Waals surface area contributed by atoms with Crippen LogP contribution in [0.2, 0.25) is 0 Å². The highest BCUT2D eigenvalue weighted by atomic mass is 16.5. The Morgan fingerprint density at radius 1 is 0.885 bits per heavy atom. The van der Waals surface area contributed by atoms with Crippen LogP contribution in [0.3, 0.4) is 0 Å². The van der Waals surface area contributed by atoms with Gasteiger partial charge in [0.2, 0.25) is 0 Å². The second-order valence-electron chi connectivity index (χ2n) is 6.07. The van der Waals surface area contributed by atoms with Crippen molar-refractivity contribution < 1.29 is 14.7 Å². The first kappa shape index (κ1) is 17.9. The van der Waals surface area contributed by atoms with E-state index in [2.05, 4.69) is 12.1 Å². The molecule has 0 bridgehead atoms. The molecule has 0 aliphatic carbocycles. The van der Waals surface area contributed by atoms with Crippen molar-refractivity contribution in [1.82, 2.24) is 5.48 Å². The van der Waals surface area contributed by atoms with Crippen LogP contribution in [0.15, 0.2) is 78.9 Å². The quantitative estimate of drug-likeness (QED) is 0.520. The Balaban J connectivity index is 1.88. The second kappa shape index (κ2) is 8.43. The second-order valence-corrected chi connectivity index (χ2v) is 6.07. The number of nitrogens with one attached hydrogen (secondary N) is 1. The molecule has 0 fully saturated rings. The standard InChI is InChI=1S/C22H21NO3/c1-26-15-16-7-9-17(10-8-16)18-11-13-20(14-12-18)21(22(24)23-25)19-5-3-2-4-6-19/h2-14,21,25H,15H2,1H3,(H,23,24). The van der Waals surface area contributed by atoms with E-state index in [1.807, 2.05) is 66.7 Å². The van der Waals surface area contributed by atoms with Gasteiger partial charge in [0.25, 0.3) is 5.91 Å². The first-order chi connectivity index (χ1) is 12.7. The molecule has 132 valence electrons. The summed E-state index contributed by atoms with van der Waals surface area (Å²) in [6.07, 6.45) is 0. The molecule has 0 spiro atoms. The van der Waals surface area contributed by atoms with Crippen LogP contribution in [-0.2, 0) is 16.1 Å². The van der Waals surface area contributed by atoms with Crippen molar-refractivity contribution in [2.45, 2.75) is 12.5 Å². The lowest BCUT2D eigenvalue weighted by molar-refractivity contribution is -0.129. The average molecular weight is 347 g/mol. The lowest BCUT2D eigenvalue weighted by atomic mass is 9.89. The Labute approximate surface area is 153 Å². The van der Waals surface area contributed by atoms with Crippen molar-refractivity contribution in [1.29, 1.82) is 0 Å². The zero-order valence-corrected chi connectivity index (χ0v) is 14.6. The maximum atomic E-state index is 12.2. The number of hydroxylamine groups is 1. The molecule has 3 aromatic carbocycles. The Hall–Kier alpha value is -2.95. The molecular weight excluding hydrogens is 326 g/mol. The summed E-state index contributed by atoms with van der Waals surface area (Å²) in [5.74, 6) is -1.01. The smallest absolute Gasteiger partial charge is 0.255 e. The van der Waals surface area contributed by atoms with E-state index in [4.69, 9.17) is 9.94 Å². The van der Waals surface area contributed by atoms with E-state index in [0.29, 0.717) is 6.61 Å². The van der Waals surface area contributed by atoms with Crippen molar-refractivity contribution in [3.05, 3.63) is 95.6 Å². The summed E-state index contributed by atoms with van der Waals surface area (Å²) in [5, 5.41) is 9.12. The molecule has 0 aliphatic rings. The summed E-state index contributed by atoms with van der Waals surface area (Å²) in [6, 6.07) is 25.4. The summed E-state index contributed by atoms with van der Waals surface area (Å²) in [6.45, 7) is 0.592. The average Bonchev–Trinajstić information content (AvgIpc) is 2.70. The summed E-state index contributed by atoms with van der Waals surface area (Å²) >= 11 is 0. The van der Waals surface area contributed by atoms with E-state index in [9.17, 15) is 4.79 Å². The zero-order valence-electron chi connectivity index (χ0n) is 14.6. The van der Waals surface area contributed by atoms with Crippen LogP contribution >= 0.6 is 0 Å². The maximum absolute atomic E-state index is 12.2. The van der Waals surface area contributed by atoms with Crippen molar-refractivity contribution in [3.63, 3.8) is 0 Å². The topological polar surface area (TPSA) is 58.6 Å². The monoisotopic (exact) mass is 347 g/mol. The van der Waals surface area contributed by atoms with Crippen LogP contribution in [0.5, 0.6) is 0 Å². The number of amides is 1. The highest BCUT2D eigenvalue weighted by Gasteiger charge is 2.22. The number of rotatable bonds is 6. The maximum Gasteiger partial charge on any atom is 0.255 e. The van der Waals surface area contributed by atoms with Gasteiger partial charge in [0.1, 0.15) is 0 Å². The van der Waals surface area contributed by atoms with Crippen LogP contribution in [0.1, 0.15) is 22.6 Å². The Morgan fingerprint density at radius 2 is 1.42 bits per heavy atom. The number of ether oxygens (including phenoxy) is 1. The molecule has 1 atom stereocenters. The van der Waals surface area contributed by atoms with Crippen molar-refractivity contribution in [3.8, 4) is 11.1 Å². The Kier molecular flexibility index (Phi) is 5.79. The minimum Gasteiger partial charge on any atom is -0.380 e. The normalized spacial score (nSPS) is 11.8. The third-order valence-corrected chi connectivity index (χ3v) is 4.35. The van der Waals surface area contributed by atoms with E-state index in [-0.39, 0.29) is 0 Å². The molecule has 1 amide bonds. The minimum atomic E-state index is -0.556. The number of methoxy groups -OCH3 is 1. The van der Waals surface area contributed by atoms with Crippen LogP contribution in [0.4, 0.5) is 0 Å². The van der Waals surface area contributed by atoms with Crippen molar-refractivity contribution >= 4 is 5.91 Å². The fourth-order valence-electron chi connectivity index (χ4n) is 3.03. The predicted octanol–water partition coefficient (Wildman–Crippen LogP) is 4.14. The summed E-state index contributed by atoms with van der Waals surface area (Å²) in [7, 11) is 1.68. The number of hydrogen-bond donors (Lipinski definition) is 2. The van der Waals surface area contributed by atoms with Gasteiger partial charge in [-0.1, -0.05) is 78.9 Å². The van der Waals surface area contributed by atoms with E-state index in [1.54, 1.807) is 12.6 Å². The SMILES string of the molecule is COCc1ccc(-c2ccc(C(C(=O)NO)c3ccccc3)cc2)cc1. The Bertz CT molecular complexity index is 843. The first-order valence-electron chi connectivity index (χ1n) is 8.40. The summed E-state index contributed by atoms with van der Waals surface area (Å²) in [5.41, 5.74) is 6.71. The van der Waals surface area contributed by atoms with Crippen molar-refractivity contribution in [2.75, 3.05) is 7.11 Å². The van der Waals surface area contributed by atoms with Gasteiger partial charge < -0.3 is 4.74 Å². The molecule has 2 N–H and O–H groups in total. The van der Waals surface area contributed by atoms with E-state index < -0.39 is 11.8 Å². The van der Waals surface area contributed by atoms with Gasteiger partial charge in [-0.15, -0.1) is 0 Å². The fraction of sp³-hybridized carbons (Fsp3) is 0.136. The molecule has 26 heavy (non-hydrogen) atoms. The zero-order chi connectivity index (χ0) is 18.4. The van der Waals surface area contributed by atoms with E-state index >= 15 is 0 Å². The minimum absolute atomic E-state index is 0.451.